The van der Waals surface area contributed by atoms with Crippen LogP contribution in [0.5, 0.6) is 0 Å². The van der Waals surface area contributed by atoms with Gasteiger partial charge in [0, 0.05) is 10.7 Å². The number of hydrogen-bond donors (Lipinski definition) is 1. The maximum absolute atomic E-state index is 13.9. The highest BCUT2D eigenvalue weighted by molar-refractivity contribution is 8.01. The van der Waals surface area contributed by atoms with Gasteiger partial charge in [-0.15, -0.1) is 23.1 Å². The van der Waals surface area contributed by atoms with Crippen molar-refractivity contribution in [1.82, 2.24) is 5.43 Å². The van der Waals surface area contributed by atoms with Crippen LogP contribution in [0.2, 0.25) is 0 Å². The van der Waals surface area contributed by atoms with Gasteiger partial charge in [0.25, 0.3) is 0 Å². The third-order valence-electron chi connectivity index (χ3n) is 5.70. The van der Waals surface area contributed by atoms with E-state index in [-0.39, 0.29) is 23.0 Å². The van der Waals surface area contributed by atoms with Crippen molar-refractivity contribution in [3.8, 4) is 11.1 Å². The summed E-state index contributed by atoms with van der Waals surface area (Å²) >= 11 is 2.57. The fourth-order valence-electron chi connectivity index (χ4n) is 4.04. The third kappa shape index (κ3) is 9.38. The molecule has 232 valence electrons. The molecule has 0 radical (unpaired) electrons. The summed E-state index contributed by atoms with van der Waals surface area (Å²) in [7, 11) is -7.36. The second-order valence-electron chi connectivity index (χ2n) is 10.1. The molecule has 2 aromatic carbocycles. The van der Waals surface area contributed by atoms with E-state index in [1.54, 1.807) is 71.2 Å². The van der Waals surface area contributed by atoms with Gasteiger partial charge in [-0.2, -0.15) is 5.10 Å². The van der Waals surface area contributed by atoms with Gasteiger partial charge in [-0.1, -0.05) is 30.3 Å². The monoisotopic (exact) mass is 664 g/mol. The second-order valence-corrected chi connectivity index (χ2v) is 16.1. The molecule has 9 nitrogen and oxygen atoms in total. The summed E-state index contributed by atoms with van der Waals surface area (Å²) < 4.78 is 57.4. The quantitative estimate of drug-likeness (QED) is 0.0888. The number of amides is 1. The zero-order chi connectivity index (χ0) is 31.8. The number of thiophene rings is 1. The molecule has 1 amide bonds. The molecule has 0 atom stereocenters. The lowest BCUT2D eigenvalue weighted by Gasteiger charge is -2.18. The molecule has 1 N–H and O–H groups in total. The zero-order valence-corrected chi connectivity index (χ0v) is 28.6. The van der Waals surface area contributed by atoms with E-state index >= 15 is 0 Å². The zero-order valence-electron chi connectivity index (χ0n) is 25.2. The number of carbonyl (C=O) groups excluding carboxylic acids is 1. The molecule has 3 aromatic rings. The molecule has 0 aliphatic heterocycles. The molecule has 1 aromatic heterocycles. The maximum atomic E-state index is 13.9. The molecule has 0 bridgehead atoms. The Hall–Kier alpha value is -2.73. The standard InChI is InChI=1S/C30H37N2O7PS3/c1-8-37-40(34,38-9-2)17-16-22-13-10-12-21(3)27(22)23-14-11-15-25(18-23)43(35,36)26-19-24(42-28(26)41-7)20-31-32-29(33)39-30(4,5)6/h10-20H,8-9H2,1-7H3,(H,32,33). The van der Waals surface area contributed by atoms with E-state index in [9.17, 15) is 17.8 Å². The van der Waals surface area contributed by atoms with Crippen LogP contribution in [0.4, 0.5) is 4.79 Å². The number of rotatable bonds is 12. The molecule has 0 aliphatic carbocycles. The van der Waals surface area contributed by atoms with E-state index in [1.807, 2.05) is 31.2 Å². The molecule has 0 spiro atoms. The lowest BCUT2D eigenvalue weighted by molar-refractivity contribution is 0.0529. The third-order valence-corrected chi connectivity index (χ3v) is 11.7. The fraction of sp³-hybridized carbons (Fsp3) is 0.333. The van der Waals surface area contributed by atoms with Crippen molar-refractivity contribution in [3.63, 3.8) is 0 Å². The summed E-state index contributed by atoms with van der Waals surface area (Å²) in [5, 5.41) is 3.91. The predicted octanol–water partition coefficient (Wildman–Crippen LogP) is 8.37. The van der Waals surface area contributed by atoms with Crippen molar-refractivity contribution in [2.75, 3.05) is 19.5 Å². The number of ether oxygens (including phenoxy) is 1. The van der Waals surface area contributed by atoms with E-state index in [2.05, 4.69) is 10.5 Å². The van der Waals surface area contributed by atoms with Crippen molar-refractivity contribution in [2.24, 2.45) is 5.10 Å². The molecule has 0 saturated heterocycles. The average molecular weight is 665 g/mol. The van der Waals surface area contributed by atoms with Gasteiger partial charge >= 0.3 is 13.7 Å². The van der Waals surface area contributed by atoms with Gasteiger partial charge < -0.3 is 13.8 Å². The van der Waals surface area contributed by atoms with Crippen LogP contribution in [0, 0.1) is 6.92 Å². The van der Waals surface area contributed by atoms with Gasteiger partial charge in [0.2, 0.25) is 9.84 Å². The van der Waals surface area contributed by atoms with E-state index in [4.69, 9.17) is 13.8 Å². The number of hydrazone groups is 1. The highest BCUT2D eigenvalue weighted by Gasteiger charge is 2.25. The smallest absolute Gasteiger partial charge is 0.428 e. The van der Waals surface area contributed by atoms with Crippen LogP contribution >= 0.6 is 30.7 Å². The number of benzene rings is 2. The number of carbonyl (C=O) groups is 1. The minimum Gasteiger partial charge on any atom is -0.443 e. The molecule has 0 unspecified atom stereocenters. The van der Waals surface area contributed by atoms with Gasteiger partial charge in [0.05, 0.1) is 33.4 Å². The molecule has 43 heavy (non-hydrogen) atoms. The van der Waals surface area contributed by atoms with Crippen molar-refractivity contribution < 1.29 is 31.6 Å². The van der Waals surface area contributed by atoms with Crippen LogP contribution in [0.25, 0.3) is 17.2 Å². The summed E-state index contributed by atoms with van der Waals surface area (Å²) in [6.45, 7) is 11.1. The van der Waals surface area contributed by atoms with Gasteiger partial charge in [0.15, 0.2) is 0 Å². The predicted molar refractivity (Wildman–Crippen MR) is 175 cm³/mol. The number of sulfone groups is 1. The van der Waals surface area contributed by atoms with Crippen LogP contribution in [0.15, 0.2) is 73.4 Å². The van der Waals surface area contributed by atoms with Gasteiger partial charge in [-0.05, 0) is 94.3 Å². The summed E-state index contributed by atoms with van der Waals surface area (Å²) in [5.41, 5.74) is 4.76. The Morgan fingerprint density at radius 2 is 1.77 bits per heavy atom. The van der Waals surface area contributed by atoms with Crippen molar-refractivity contribution in [3.05, 3.63) is 70.4 Å². The Kier molecular flexibility index (Phi) is 12.0. The molecule has 13 heteroatoms. The lowest BCUT2D eigenvalue weighted by Crippen LogP contribution is -2.29. The number of nitrogens with one attached hydrogen (secondary N) is 1. The van der Waals surface area contributed by atoms with E-state index < -0.39 is 29.1 Å². The summed E-state index contributed by atoms with van der Waals surface area (Å²) in [4.78, 5) is 12.7. The van der Waals surface area contributed by atoms with Gasteiger partial charge in [0.1, 0.15) is 5.60 Å². The van der Waals surface area contributed by atoms with Crippen LogP contribution in [0.3, 0.4) is 0 Å². The average Bonchev–Trinajstić information content (AvgIpc) is 3.35. The minimum atomic E-state index is -3.92. The SMILES string of the molecule is CCOP(=O)(C=Cc1cccc(C)c1-c1cccc(S(=O)(=O)c2cc(C=NNC(=O)OC(C)(C)C)sc2SC)c1)OCC. The second kappa shape index (κ2) is 14.8. The highest BCUT2D eigenvalue weighted by atomic mass is 32.2. The lowest BCUT2D eigenvalue weighted by atomic mass is 9.95. The topological polar surface area (TPSA) is 120 Å². The van der Waals surface area contributed by atoms with Crippen molar-refractivity contribution in [1.29, 1.82) is 0 Å². The van der Waals surface area contributed by atoms with E-state index in [0.717, 1.165) is 16.7 Å². The number of nitrogens with zero attached hydrogens (tertiary/aromatic N) is 1. The number of hydrogen-bond acceptors (Lipinski definition) is 10. The summed E-state index contributed by atoms with van der Waals surface area (Å²) in [5.74, 6) is 1.44. The Balaban J connectivity index is 1.98. The first kappa shape index (κ1) is 34.8. The Labute approximate surface area is 262 Å². The van der Waals surface area contributed by atoms with Crippen LogP contribution < -0.4 is 5.43 Å². The van der Waals surface area contributed by atoms with Crippen molar-refractivity contribution in [2.45, 2.75) is 61.1 Å². The molecule has 3 rings (SSSR count). The molecule has 0 fully saturated rings. The molecular weight excluding hydrogens is 628 g/mol. The normalized spacial score (nSPS) is 12.7. The Morgan fingerprint density at radius 3 is 2.40 bits per heavy atom. The first-order valence-electron chi connectivity index (χ1n) is 13.5. The molecule has 1 heterocycles. The van der Waals surface area contributed by atoms with E-state index in [0.29, 0.717) is 14.6 Å². The Morgan fingerprint density at radius 1 is 1.09 bits per heavy atom. The van der Waals surface area contributed by atoms with Crippen molar-refractivity contribution >= 4 is 58.9 Å². The fourth-order valence-corrected chi connectivity index (χ4v) is 9.29. The number of thioether (sulfide) groups is 1. The van der Waals surface area contributed by atoms with E-state index in [1.165, 1.54) is 35.1 Å². The minimum absolute atomic E-state index is 0.126. The van der Waals surface area contributed by atoms with Crippen LogP contribution in [-0.4, -0.2) is 45.8 Å². The first-order chi connectivity index (χ1) is 20.2. The first-order valence-corrected chi connectivity index (χ1v) is 18.6. The molecule has 0 saturated carbocycles. The van der Waals surface area contributed by atoms with Crippen LogP contribution in [-0.2, 0) is 28.2 Å². The maximum Gasteiger partial charge on any atom is 0.428 e. The summed E-state index contributed by atoms with van der Waals surface area (Å²) in [6, 6.07) is 14.0. The Bertz CT molecular complexity index is 1650. The summed E-state index contributed by atoms with van der Waals surface area (Å²) in [6.07, 6.45) is 4.17. The molecule has 0 aliphatic rings. The molecular formula is C30H37N2O7PS3. The largest absolute Gasteiger partial charge is 0.443 e. The number of aryl methyl sites for hydroxylation is 1. The van der Waals surface area contributed by atoms with Gasteiger partial charge in [-0.3, -0.25) is 4.57 Å². The van der Waals surface area contributed by atoms with Crippen LogP contribution in [0.1, 0.15) is 50.6 Å². The highest BCUT2D eigenvalue weighted by Crippen LogP contribution is 2.50. The van der Waals surface area contributed by atoms with Gasteiger partial charge in [-0.25, -0.2) is 18.6 Å².